The fourth-order valence-corrected chi connectivity index (χ4v) is 1.43. The molecule has 0 fully saturated rings. The second-order valence-corrected chi connectivity index (χ2v) is 3.25. The molecule has 1 rings (SSSR count). The lowest BCUT2D eigenvalue weighted by atomic mass is 10.3. The SMILES string of the molecule is Nc1c(Cl)cc(Br)nc1C(F)F. The van der Waals surface area contributed by atoms with Crippen LogP contribution in [0.2, 0.25) is 5.02 Å². The number of pyridine rings is 1. The topological polar surface area (TPSA) is 38.9 Å². The smallest absolute Gasteiger partial charge is 0.282 e. The average Bonchev–Trinajstić information content (AvgIpc) is 1.96. The molecule has 0 aliphatic heterocycles. The van der Waals surface area contributed by atoms with Crippen LogP contribution in [-0.2, 0) is 0 Å². The van der Waals surface area contributed by atoms with E-state index in [2.05, 4.69) is 20.9 Å². The molecule has 0 bridgehead atoms. The van der Waals surface area contributed by atoms with Crippen LogP contribution >= 0.6 is 27.5 Å². The summed E-state index contributed by atoms with van der Waals surface area (Å²) in [6, 6.07) is 1.36. The highest BCUT2D eigenvalue weighted by Gasteiger charge is 2.16. The maximum Gasteiger partial charge on any atom is 0.282 e. The van der Waals surface area contributed by atoms with Gasteiger partial charge in [-0.2, -0.15) is 0 Å². The van der Waals surface area contributed by atoms with Crippen LogP contribution in [0.5, 0.6) is 0 Å². The number of nitrogen functional groups attached to an aromatic ring is 1. The zero-order valence-electron chi connectivity index (χ0n) is 5.69. The summed E-state index contributed by atoms with van der Waals surface area (Å²) in [4.78, 5) is 3.49. The number of nitrogens with two attached hydrogens (primary N) is 1. The maximum atomic E-state index is 12.2. The Bertz CT molecular complexity index is 306. The van der Waals surface area contributed by atoms with E-state index >= 15 is 0 Å². The molecular formula is C6H4BrClF2N2. The number of hydrogen-bond acceptors (Lipinski definition) is 2. The van der Waals surface area contributed by atoms with Crippen molar-refractivity contribution >= 4 is 33.2 Å². The van der Waals surface area contributed by atoms with Crippen molar-refractivity contribution in [1.82, 2.24) is 4.98 Å². The molecule has 0 amide bonds. The lowest BCUT2D eigenvalue weighted by Crippen LogP contribution is -1.99. The van der Waals surface area contributed by atoms with E-state index in [9.17, 15) is 8.78 Å². The molecule has 1 heterocycles. The molecule has 0 unspecified atom stereocenters. The number of nitrogens with zero attached hydrogens (tertiary/aromatic N) is 1. The van der Waals surface area contributed by atoms with Crippen molar-refractivity contribution in [2.24, 2.45) is 0 Å². The van der Waals surface area contributed by atoms with Gasteiger partial charge in [0, 0.05) is 0 Å². The molecule has 66 valence electrons. The standard InChI is InChI=1S/C6H4BrClF2N2/c7-3-1-2(8)4(11)5(12-3)6(9)10/h1,6H,11H2. The first-order chi connectivity index (χ1) is 5.52. The van der Waals surface area contributed by atoms with E-state index in [-0.39, 0.29) is 15.3 Å². The summed E-state index contributed by atoms with van der Waals surface area (Å²) in [5.41, 5.74) is 4.59. The minimum absolute atomic E-state index is 0.0761. The molecule has 0 aliphatic carbocycles. The van der Waals surface area contributed by atoms with Crippen molar-refractivity contribution in [2.75, 3.05) is 5.73 Å². The Hall–Kier alpha value is -0.420. The van der Waals surface area contributed by atoms with E-state index in [1.165, 1.54) is 6.07 Å². The van der Waals surface area contributed by atoms with Gasteiger partial charge in [-0.05, 0) is 22.0 Å². The van der Waals surface area contributed by atoms with E-state index in [4.69, 9.17) is 17.3 Å². The van der Waals surface area contributed by atoms with Gasteiger partial charge in [0.05, 0.1) is 10.7 Å². The number of rotatable bonds is 1. The largest absolute Gasteiger partial charge is 0.396 e. The molecule has 2 nitrogen and oxygen atoms in total. The monoisotopic (exact) mass is 256 g/mol. The second kappa shape index (κ2) is 3.53. The molecule has 6 heteroatoms. The van der Waals surface area contributed by atoms with Gasteiger partial charge in [0.25, 0.3) is 6.43 Å². The van der Waals surface area contributed by atoms with Gasteiger partial charge in [-0.1, -0.05) is 11.6 Å². The highest BCUT2D eigenvalue weighted by Crippen LogP contribution is 2.30. The van der Waals surface area contributed by atoms with Crippen molar-refractivity contribution in [1.29, 1.82) is 0 Å². The lowest BCUT2D eigenvalue weighted by Gasteiger charge is -2.05. The summed E-state index contributed by atoms with van der Waals surface area (Å²) in [5.74, 6) is 0. The quantitative estimate of drug-likeness (QED) is 0.786. The molecule has 0 aliphatic rings. The van der Waals surface area contributed by atoms with Gasteiger partial charge >= 0.3 is 0 Å². The van der Waals surface area contributed by atoms with Gasteiger partial charge in [0.1, 0.15) is 10.3 Å². The highest BCUT2D eigenvalue weighted by atomic mass is 79.9. The first-order valence-electron chi connectivity index (χ1n) is 2.92. The molecule has 0 aromatic carbocycles. The molecule has 0 spiro atoms. The summed E-state index contributed by atoms with van der Waals surface area (Å²) >= 11 is 8.47. The Morgan fingerprint density at radius 3 is 2.67 bits per heavy atom. The summed E-state index contributed by atoms with van der Waals surface area (Å²) in [7, 11) is 0. The van der Waals surface area contributed by atoms with E-state index in [0.29, 0.717) is 0 Å². The molecule has 0 radical (unpaired) electrons. The molecule has 0 saturated carbocycles. The summed E-state index contributed by atoms with van der Waals surface area (Å²) in [6.07, 6.45) is -2.71. The van der Waals surface area contributed by atoms with Crippen LogP contribution in [-0.4, -0.2) is 4.98 Å². The zero-order chi connectivity index (χ0) is 9.30. The van der Waals surface area contributed by atoms with E-state index < -0.39 is 12.1 Å². The highest BCUT2D eigenvalue weighted by molar-refractivity contribution is 9.10. The van der Waals surface area contributed by atoms with Crippen LogP contribution in [0.1, 0.15) is 12.1 Å². The van der Waals surface area contributed by atoms with Gasteiger partial charge in [0.2, 0.25) is 0 Å². The maximum absolute atomic E-state index is 12.2. The normalized spacial score (nSPS) is 10.8. The average molecular weight is 257 g/mol. The lowest BCUT2D eigenvalue weighted by molar-refractivity contribution is 0.147. The fourth-order valence-electron chi connectivity index (χ4n) is 0.679. The molecule has 0 atom stereocenters. The van der Waals surface area contributed by atoms with Crippen LogP contribution < -0.4 is 5.73 Å². The van der Waals surface area contributed by atoms with Crippen molar-refractivity contribution in [3.8, 4) is 0 Å². The van der Waals surface area contributed by atoms with Crippen LogP contribution in [0.4, 0.5) is 14.5 Å². The fraction of sp³-hybridized carbons (Fsp3) is 0.167. The van der Waals surface area contributed by atoms with Crippen molar-refractivity contribution in [2.45, 2.75) is 6.43 Å². The Kier molecular flexibility index (Phi) is 2.85. The van der Waals surface area contributed by atoms with E-state index in [0.717, 1.165) is 0 Å². The van der Waals surface area contributed by atoms with Gasteiger partial charge in [-0.3, -0.25) is 0 Å². The van der Waals surface area contributed by atoms with E-state index in [1.54, 1.807) is 0 Å². The van der Waals surface area contributed by atoms with Crippen LogP contribution in [0.3, 0.4) is 0 Å². The number of aromatic nitrogens is 1. The van der Waals surface area contributed by atoms with Gasteiger partial charge in [0.15, 0.2) is 0 Å². The third-order valence-electron chi connectivity index (χ3n) is 1.21. The summed E-state index contributed by atoms with van der Waals surface area (Å²) in [5, 5.41) is 0.0761. The third-order valence-corrected chi connectivity index (χ3v) is 1.93. The Morgan fingerprint density at radius 1 is 1.58 bits per heavy atom. The van der Waals surface area contributed by atoms with Gasteiger partial charge < -0.3 is 5.73 Å². The molecule has 12 heavy (non-hydrogen) atoms. The predicted molar refractivity (Wildman–Crippen MR) is 46.3 cm³/mol. The Morgan fingerprint density at radius 2 is 2.17 bits per heavy atom. The van der Waals surface area contributed by atoms with Gasteiger partial charge in [-0.25, -0.2) is 13.8 Å². The minimum atomic E-state index is -2.71. The Balaban J connectivity index is 3.28. The molecular weight excluding hydrogens is 253 g/mol. The molecule has 0 saturated heterocycles. The molecule has 1 aromatic rings. The third kappa shape index (κ3) is 1.84. The van der Waals surface area contributed by atoms with E-state index in [1.807, 2.05) is 0 Å². The van der Waals surface area contributed by atoms with Crippen LogP contribution in [0.15, 0.2) is 10.7 Å². The van der Waals surface area contributed by atoms with Crippen LogP contribution in [0, 0.1) is 0 Å². The van der Waals surface area contributed by atoms with Crippen LogP contribution in [0.25, 0.3) is 0 Å². The number of hydrogen-bond donors (Lipinski definition) is 1. The second-order valence-electron chi connectivity index (χ2n) is 2.03. The number of alkyl halides is 2. The Labute approximate surface area is 80.9 Å². The zero-order valence-corrected chi connectivity index (χ0v) is 8.03. The van der Waals surface area contributed by atoms with Gasteiger partial charge in [-0.15, -0.1) is 0 Å². The summed E-state index contributed by atoms with van der Waals surface area (Å²) in [6.45, 7) is 0. The summed E-state index contributed by atoms with van der Waals surface area (Å²) < 4.78 is 24.6. The van der Waals surface area contributed by atoms with Crippen molar-refractivity contribution in [3.05, 3.63) is 21.4 Å². The predicted octanol–water partition coefficient (Wildman–Crippen LogP) is 3.02. The molecule has 2 N–H and O–H groups in total. The van der Waals surface area contributed by atoms with Crippen molar-refractivity contribution in [3.63, 3.8) is 0 Å². The first kappa shape index (κ1) is 9.67. The minimum Gasteiger partial charge on any atom is -0.396 e. The first-order valence-corrected chi connectivity index (χ1v) is 4.09. The molecule has 1 aromatic heterocycles. The number of anilines is 1. The number of halogens is 4. The van der Waals surface area contributed by atoms with Crippen molar-refractivity contribution < 1.29 is 8.78 Å².